The first kappa shape index (κ1) is 32.1. The van der Waals surface area contributed by atoms with E-state index in [2.05, 4.69) is 29.8 Å². The smallest absolute Gasteiger partial charge is 0.408 e. The van der Waals surface area contributed by atoms with Crippen LogP contribution in [0.15, 0.2) is 0 Å². The van der Waals surface area contributed by atoms with Gasteiger partial charge in [-0.15, -0.1) is 0 Å². The number of piperidine rings is 1. The summed E-state index contributed by atoms with van der Waals surface area (Å²) in [6, 6.07) is -1.72. The number of nitrogens with one attached hydrogen (secondary N) is 3. The molecule has 3 N–H and O–H groups in total. The van der Waals surface area contributed by atoms with Crippen molar-refractivity contribution in [1.82, 2.24) is 20.9 Å². The summed E-state index contributed by atoms with van der Waals surface area (Å²) in [6.45, 7) is 9.93. The van der Waals surface area contributed by atoms with Crippen LogP contribution < -0.4 is 16.0 Å². The molecule has 236 valence electrons. The second kappa shape index (κ2) is 12.0. The third-order valence-corrected chi connectivity index (χ3v) is 9.42. The molecule has 0 aromatic rings. The first-order valence-electron chi connectivity index (χ1n) is 15.5. The van der Waals surface area contributed by atoms with E-state index in [0.29, 0.717) is 18.9 Å². The van der Waals surface area contributed by atoms with E-state index in [0.717, 1.165) is 32.1 Å². The normalized spacial score (nSPS) is 32.5. The molecule has 0 aromatic heterocycles. The van der Waals surface area contributed by atoms with E-state index in [1.54, 1.807) is 20.8 Å². The number of hydrogen-bond donors (Lipinski definition) is 3. The number of ether oxygens (including phenoxy) is 2. The molecule has 11 nitrogen and oxygen atoms in total. The summed E-state index contributed by atoms with van der Waals surface area (Å²) in [5.41, 5.74) is -0.620. The second-order valence-electron chi connectivity index (χ2n) is 15.0. The Labute approximate surface area is 249 Å². The molecule has 2 unspecified atom stereocenters. The van der Waals surface area contributed by atoms with E-state index in [9.17, 15) is 24.0 Å². The maximum atomic E-state index is 13.8. The van der Waals surface area contributed by atoms with E-state index in [4.69, 9.17) is 9.47 Å². The number of rotatable bonds is 9. The van der Waals surface area contributed by atoms with E-state index >= 15 is 0 Å². The maximum absolute atomic E-state index is 13.8. The van der Waals surface area contributed by atoms with Gasteiger partial charge in [0, 0.05) is 18.5 Å². The highest BCUT2D eigenvalue weighted by molar-refractivity contribution is 5.93. The molecule has 5 aliphatic rings. The summed E-state index contributed by atoms with van der Waals surface area (Å²) in [5.74, 6) is -1.00. The fourth-order valence-electron chi connectivity index (χ4n) is 8.90. The number of alkyl carbamates (subject to hydrolysis) is 1. The number of likely N-dealkylation sites (tertiary alicyclic amines) is 1. The lowest BCUT2D eigenvalue weighted by atomic mass is 9.43. The third-order valence-electron chi connectivity index (χ3n) is 9.42. The van der Waals surface area contributed by atoms with Crippen molar-refractivity contribution in [3.05, 3.63) is 0 Å². The Balaban J connectivity index is 1.43. The molecule has 11 heteroatoms. The van der Waals surface area contributed by atoms with Crippen LogP contribution in [0.4, 0.5) is 4.79 Å². The number of carbonyl (C=O) groups is 5. The molecular weight excluding hydrogens is 540 g/mol. The van der Waals surface area contributed by atoms with Gasteiger partial charge in [0.05, 0.1) is 7.11 Å². The molecule has 0 spiro atoms. The minimum Gasteiger partial charge on any atom is -0.469 e. The Hall–Kier alpha value is -2.85. The van der Waals surface area contributed by atoms with Crippen molar-refractivity contribution in [2.75, 3.05) is 20.2 Å². The summed E-state index contributed by atoms with van der Waals surface area (Å²) in [6.07, 6.45) is 7.63. The van der Waals surface area contributed by atoms with Crippen LogP contribution in [0.2, 0.25) is 0 Å². The Kier molecular flexibility index (Phi) is 9.19. The van der Waals surface area contributed by atoms with Gasteiger partial charge in [-0.3, -0.25) is 19.2 Å². The van der Waals surface area contributed by atoms with E-state index < -0.39 is 41.6 Å². The number of methoxy groups -OCH3 is 1. The average molecular weight is 591 g/mol. The predicted octanol–water partition coefficient (Wildman–Crippen LogP) is 3.20. The number of nitrogens with zero attached hydrogens (tertiary/aromatic N) is 1. The molecule has 1 heterocycles. The van der Waals surface area contributed by atoms with Crippen LogP contribution in [0.1, 0.15) is 105 Å². The Bertz CT molecular complexity index is 1070. The molecule has 0 radical (unpaired) electrons. The molecule has 5 rings (SSSR count). The summed E-state index contributed by atoms with van der Waals surface area (Å²) >= 11 is 0. The molecule has 4 atom stereocenters. The third kappa shape index (κ3) is 7.75. The van der Waals surface area contributed by atoms with Crippen LogP contribution in [0.3, 0.4) is 0 Å². The maximum Gasteiger partial charge on any atom is 0.408 e. The zero-order valence-corrected chi connectivity index (χ0v) is 26.2. The van der Waals surface area contributed by atoms with Crippen LogP contribution >= 0.6 is 0 Å². The van der Waals surface area contributed by atoms with Crippen molar-refractivity contribution >= 4 is 29.8 Å². The zero-order valence-electron chi connectivity index (χ0n) is 26.2. The number of amides is 4. The van der Waals surface area contributed by atoms with E-state index in [1.807, 2.05) is 0 Å². The second-order valence-corrected chi connectivity index (χ2v) is 15.0. The lowest BCUT2D eigenvalue weighted by Crippen LogP contribution is -2.67. The monoisotopic (exact) mass is 590 g/mol. The van der Waals surface area contributed by atoms with Crippen LogP contribution in [0.25, 0.3) is 0 Å². The quantitative estimate of drug-likeness (QED) is 0.350. The Morgan fingerprint density at radius 1 is 0.976 bits per heavy atom. The standard InChI is InChI=1S/C31H50N4O7/c1-28(2,3)42-27(40)32-16-23(36)35-12-8-7-9-22(35)26(39)33-21(10-11-24(37)41-6)25(38)34-31-15-20-13-29(4,18-31)17-30(5,14-20)19-31/h20-22H,7-19H2,1-6H3,(H,32,40)(H,33,39)(H,34,38)/t20?,21-,22-,29?,30?,31?/m0/s1. The van der Waals surface area contributed by atoms with E-state index in [1.165, 1.54) is 31.3 Å². The average Bonchev–Trinajstić information content (AvgIpc) is 2.85. The molecule has 5 fully saturated rings. The van der Waals surface area contributed by atoms with Gasteiger partial charge in [-0.1, -0.05) is 13.8 Å². The number of carbonyl (C=O) groups excluding carboxylic acids is 5. The molecule has 4 saturated carbocycles. The van der Waals surface area contributed by atoms with Crippen molar-refractivity contribution in [3.63, 3.8) is 0 Å². The first-order chi connectivity index (χ1) is 19.5. The fraction of sp³-hybridized carbons (Fsp3) is 0.839. The molecular formula is C31H50N4O7. The molecule has 1 aliphatic heterocycles. The lowest BCUT2D eigenvalue weighted by molar-refractivity contribution is -0.146. The number of esters is 1. The summed E-state index contributed by atoms with van der Waals surface area (Å²) in [5, 5.41) is 8.72. The lowest BCUT2D eigenvalue weighted by Gasteiger charge is -2.65. The van der Waals surface area contributed by atoms with Crippen LogP contribution in [0.5, 0.6) is 0 Å². The summed E-state index contributed by atoms with van der Waals surface area (Å²) < 4.78 is 10.0. The molecule has 4 aliphatic carbocycles. The highest BCUT2D eigenvalue weighted by Crippen LogP contribution is 2.66. The Morgan fingerprint density at radius 2 is 1.64 bits per heavy atom. The fourth-order valence-corrected chi connectivity index (χ4v) is 8.90. The van der Waals surface area contributed by atoms with E-state index in [-0.39, 0.29) is 41.7 Å². The molecule has 4 amide bonds. The van der Waals surface area contributed by atoms with Crippen LogP contribution in [-0.2, 0) is 28.7 Å². The van der Waals surface area contributed by atoms with Gasteiger partial charge >= 0.3 is 12.1 Å². The van der Waals surface area contributed by atoms with Gasteiger partial charge in [0.1, 0.15) is 24.2 Å². The predicted molar refractivity (Wildman–Crippen MR) is 155 cm³/mol. The van der Waals surface area contributed by atoms with Crippen molar-refractivity contribution in [1.29, 1.82) is 0 Å². The highest BCUT2D eigenvalue weighted by Gasteiger charge is 2.60. The SMILES string of the molecule is COC(=O)CC[C@H](NC(=O)[C@@H]1CCCCN1C(=O)CNC(=O)OC(C)(C)C)C(=O)NC12CC3CC(C)(CC(C)(C3)C1)C2. The van der Waals surface area contributed by atoms with Gasteiger partial charge in [-0.25, -0.2) is 4.79 Å². The molecule has 42 heavy (non-hydrogen) atoms. The summed E-state index contributed by atoms with van der Waals surface area (Å²) in [7, 11) is 1.30. The summed E-state index contributed by atoms with van der Waals surface area (Å²) in [4.78, 5) is 66.1. The highest BCUT2D eigenvalue weighted by atomic mass is 16.6. The minimum atomic E-state index is -0.941. The zero-order chi connectivity index (χ0) is 30.9. The first-order valence-corrected chi connectivity index (χ1v) is 15.5. The van der Waals surface area contributed by atoms with Gasteiger partial charge in [0.15, 0.2) is 0 Å². The van der Waals surface area contributed by atoms with Crippen molar-refractivity contribution in [3.8, 4) is 0 Å². The van der Waals surface area contributed by atoms with Gasteiger partial charge in [0.25, 0.3) is 0 Å². The number of hydrogen-bond acceptors (Lipinski definition) is 7. The molecule has 0 aromatic carbocycles. The minimum absolute atomic E-state index is 0.0208. The van der Waals surface area contributed by atoms with Crippen LogP contribution in [-0.4, -0.2) is 78.1 Å². The Morgan fingerprint density at radius 3 is 2.24 bits per heavy atom. The van der Waals surface area contributed by atoms with Crippen molar-refractivity contribution < 1.29 is 33.4 Å². The largest absolute Gasteiger partial charge is 0.469 e. The van der Waals surface area contributed by atoms with Gasteiger partial charge in [-0.05, 0) is 102 Å². The molecule has 1 saturated heterocycles. The molecule has 4 bridgehead atoms. The van der Waals surface area contributed by atoms with Crippen molar-refractivity contribution in [2.24, 2.45) is 16.7 Å². The van der Waals surface area contributed by atoms with Gasteiger partial charge in [-0.2, -0.15) is 0 Å². The van der Waals surface area contributed by atoms with Gasteiger partial charge < -0.3 is 30.3 Å². The topological polar surface area (TPSA) is 143 Å². The van der Waals surface area contributed by atoms with Crippen molar-refractivity contribution in [2.45, 2.75) is 128 Å². The van der Waals surface area contributed by atoms with Crippen LogP contribution in [0, 0.1) is 16.7 Å². The van der Waals surface area contributed by atoms with Gasteiger partial charge in [0.2, 0.25) is 17.7 Å².